The molecule has 0 saturated carbocycles. The summed E-state index contributed by atoms with van der Waals surface area (Å²) in [6.07, 6.45) is -5.10. The summed E-state index contributed by atoms with van der Waals surface area (Å²) in [7, 11) is 0. The molecule has 0 aliphatic carbocycles. The van der Waals surface area contributed by atoms with Crippen LogP contribution in [0.1, 0.15) is 47.1 Å². The Bertz CT molecular complexity index is 1360. The van der Waals surface area contributed by atoms with E-state index in [0.717, 1.165) is 23.6 Å². The third kappa shape index (κ3) is 4.21. The van der Waals surface area contributed by atoms with Crippen LogP contribution in [0.5, 0.6) is 0 Å². The summed E-state index contributed by atoms with van der Waals surface area (Å²) in [5, 5.41) is 3.91. The van der Waals surface area contributed by atoms with Crippen LogP contribution in [0, 0.1) is 12.3 Å². The van der Waals surface area contributed by atoms with E-state index in [4.69, 9.17) is 32.5 Å². The SMILES string of the molecule is Cc1nc2c(C3=NOC(c4cc(Cl)cc(Cl)c4)(C(F)(F)F)C3)ccc(C(=O)CC3(C)CSC3)c2o1. The predicted molar refractivity (Wildman–Crippen MR) is 130 cm³/mol. The highest BCUT2D eigenvalue weighted by molar-refractivity contribution is 8.00. The maximum absolute atomic E-state index is 14.4. The number of fused-ring (bicyclic) bond motifs is 1. The summed E-state index contributed by atoms with van der Waals surface area (Å²) in [4.78, 5) is 22.5. The molecule has 3 heterocycles. The maximum atomic E-state index is 14.4. The van der Waals surface area contributed by atoms with Crippen molar-refractivity contribution in [2.24, 2.45) is 10.6 Å². The van der Waals surface area contributed by atoms with E-state index in [0.29, 0.717) is 17.5 Å². The Hall–Kier alpha value is -2.23. The molecule has 0 amide bonds. The molecule has 1 aromatic heterocycles. The molecule has 3 aromatic rings. The Morgan fingerprint density at radius 3 is 2.46 bits per heavy atom. The van der Waals surface area contributed by atoms with Crippen LogP contribution in [-0.2, 0) is 10.4 Å². The number of carbonyl (C=O) groups excluding carboxylic acids is 1. The number of ketones is 1. The van der Waals surface area contributed by atoms with E-state index in [2.05, 4.69) is 17.1 Å². The fourth-order valence-electron chi connectivity index (χ4n) is 4.44. The van der Waals surface area contributed by atoms with Crippen LogP contribution in [-0.4, -0.2) is 34.2 Å². The molecule has 5 nitrogen and oxygen atoms in total. The van der Waals surface area contributed by atoms with Crippen molar-refractivity contribution in [3.05, 3.63) is 63.0 Å². The van der Waals surface area contributed by atoms with Crippen molar-refractivity contribution >= 4 is 57.6 Å². The monoisotopic (exact) mass is 542 g/mol. The first kappa shape index (κ1) is 24.5. The van der Waals surface area contributed by atoms with Gasteiger partial charge in [-0.2, -0.15) is 24.9 Å². The molecule has 0 bridgehead atoms. The van der Waals surface area contributed by atoms with Crippen LogP contribution >= 0.6 is 35.0 Å². The van der Waals surface area contributed by atoms with Crippen molar-refractivity contribution in [2.45, 2.75) is 38.5 Å². The molecule has 1 unspecified atom stereocenters. The first-order valence-electron chi connectivity index (χ1n) is 10.7. The minimum atomic E-state index is -4.82. The Balaban J connectivity index is 1.54. The number of aromatic nitrogens is 1. The van der Waals surface area contributed by atoms with Gasteiger partial charge in [0.25, 0.3) is 5.60 Å². The van der Waals surface area contributed by atoms with Gasteiger partial charge in [0.15, 0.2) is 17.3 Å². The number of oxazole rings is 1. The lowest BCUT2D eigenvalue weighted by molar-refractivity contribution is -0.275. The average Bonchev–Trinajstić information content (AvgIpc) is 3.35. The van der Waals surface area contributed by atoms with Crippen LogP contribution in [0.3, 0.4) is 0 Å². The second-order valence-electron chi connectivity index (χ2n) is 9.26. The molecule has 35 heavy (non-hydrogen) atoms. The summed E-state index contributed by atoms with van der Waals surface area (Å²) in [6, 6.07) is 6.78. The van der Waals surface area contributed by atoms with Crippen molar-refractivity contribution in [1.29, 1.82) is 0 Å². The van der Waals surface area contributed by atoms with E-state index in [-0.39, 0.29) is 49.5 Å². The molecular weight excluding hydrogens is 524 g/mol. The van der Waals surface area contributed by atoms with Crippen LogP contribution in [0.4, 0.5) is 13.2 Å². The number of aryl methyl sites for hydroxylation is 1. The number of alkyl halides is 3. The number of thioether (sulfide) groups is 1. The zero-order chi connectivity index (χ0) is 25.2. The zero-order valence-corrected chi connectivity index (χ0v) is 21.0. The highest BCUT2D eigenvalue weighted by Crippen LogP contribution is 2.50. The normalized spacial score (nSPS) is 21.5. The van der Waals surface area contributed by atoms with Crippen molar-refractivity contribution in [3.63, 3.8) is 0 Å². The number of hydrogen-bond acceptors (Lipinski definition) is 6. The van der Waals surface area contributed by atoms with E-state index in [1.54, 1.807) is 30.8 Å². The molecular formula is C24H19Cl2F3N2O3S. The maximum Gasteiger partial charge on any atom is 0.435 e. The van der Waals surface area contributed by atoms with Gasteiger partial charge < -0.3 is 9.25 Å². The van der Waals surface area contributed by atoms with Crippen molar-refractivity contribution in [3.8, 4) is 0 Å². The van der Waals surface area contributed by atoms with Crippen LogP contribution < -0.4 is 0 Å². The molecule has 0 radical (unpaired) electrons. The lowest BCUT2D eigenvalue weighted by Gasteiger charge is -2.37. The van der Waals surface area contributed by atoms with Crippen molar-refractivity contribution in [2.75, 3.05) is 11.5 Å². The summed E-state index contributed by atoms with van der Waals surface area (Å²) in [5.74, 6) is 1.99. The highest BCUT2D eigenvalue weighted by atomic mass is 35.5. The van der Waals surface area contributed by atoms with Gasteiger partial charge in [-0.05, 0) is 47.3 Å². The molecule has 11 heteroatoms. The highest BCUT2D eigenvalue weighted by Gasteiger charge is 2.62. The standard InChI is InChI=1S/C24H19Cl2F3N2O3S/c1-12-30-20-16(3-4-17(21(20)33-12)19(32)9-22(2)10-35-11-22)18-8-23(34-31-18,24(27,28)29)13-5-14(25)7-15(26)6-13/h3-7H,8-11H2,1-2H3. The third-order valence-electron chi connectivity index (χ3n) is 6.27. The molecule has 0 spiro atoms. The number of carbonyl (C=O) groups is 1. The minimum Gasteiger partial charge on any atom is -0.440 e. The average molecular weight is 543 g/mol. The van der Waals surface area contributed by atoms with Gasteiger partial charge in [0, 0.05) is 34.5 Å². The molecule has 184 valence electrons. The molecule has 0 N–H and O–H groups in total. The number of Topliss-reactive ketones (excluding diaryl/α,β-unsaturated/α-hetero) is 1. The zero-order valence-electron chi connectivity index (χ0n) is 18.6. The first-order chi connectivity index (χ1) is 16.4. The molecule has 2 aliphatic rings. The smallest absolute Gasteiger partial charge is 0.435 e. The third-order valence-corrected chi connectivity index (χ3v) is 8.50. The quantitative estimate of drug-likeness (QED) is 0.315. The van der Waals surface area contributed by atoms with Crippen LogP contribution in [0.2, 0.25) is 10.0 Å². The van der Waals surface area contributed by atoms with E-state index in [9.17, 15) is 18.0 Å². The number of oxime groups is 1. The first-order valence-corrected chi connectivity index (χ1v) is 12.6. The van der Waals surface area contributed by atoms with Gasteiger partial charge in [-0.3, -0.25) is 4.79 Å². The second kappa shape index (κ2) is 8.42. The summed E-state index contributed by atoms with van der Waals surface area (Å²) in [6.45, 7) is 3.67. The van der Waals surface area contributed by atoms with Crippen molar-refractivity contribution in [1.82, 2.24) is 4.98 Å². The van der Waals surface area contributed by atoms with E-state index >= 15 is 0 Å². The number of hydrogen-bond donors (Lipinski definition) is 0. The number of halogens is 5. The molecule has 5 rings (SSSR count). The number of nitrogens with zero attached hydrogens (tertiary/aromatic N) is 2. The van der Waals surface area contributed by atoms with E-state index in [1.807, 2.05) is 0 Å². The molecule has 2 aliphatic heterocycles. The molecule has 1 atom stereocenters. The molecule has 1 saturated heterocycles. The van der Waals surface area contributed by atoms with E-state index in [1.165, 1.54) is 6.07 Å². The summed E-state index contributed by atoms with van der Waals surface area (Å²) < 4.78 is 48.9. The molecule has 1 fully saturated rings. The number of rotatable bonds is 5. The Morgan fingerprint density at radius 2 is 1.86 bits per heavy atom. The van der Waals surface area contributed by atoms with Crippen LogP contribution in [0.15, 0.2) is 39.9 Å². The fraction of sp³-hybridized carbons (Fsp3) is 0.375. The molecule has 2 aromatic carbocycles. The lowest BCUT2D eigenvalue weighted by atomic mass is 9.84. The van der Waals surface area contributed by atoms with Gasteiger partial charge in [-0.15, -0.1) is 0 Å². The Kier molecular flexibility index (Phi) is 5.89. The topological polar surface area (TPSA) is 64.7 Å². The summed E-state index contributed by atoms with van der Waals surface area (Å²) >= 11 is 13.7. The van der Waals surface area contributed by atoms with Gasteiger partial charge in [-0.1, -0.05) is 35.3 Å². The van der Waals surface area contributed by atoms with Crippen molar-refractivity contribution < 1.29 is 27.2 Å². The lowest BCUT2D eigenvalue weighted by Crippen LogP contribution is -2.42. The van der Waals surface area contributed by atoms with Gasteiger partial charge in [-0.25, -0.2) is 4.98 Å². The van der Waals surface area contributed by atoms with Gasteiger partial charge >= 0.3 is 6.18 Å². The van der Waals surface area contributed by atoms with Gasteiger partial charge in [0.1, 0.15) is 5.52 Å². The van der Waals surface area contributed by atoms with E-state index < -0.39 is 18.2 Å². The second-order valence-corrected chi connectivity index (χ2v) is 11.1. The summed E-state index contributed by atoms with van der Waals surface area (Å²) in [5.41, 5.74) is -1.92. The Morgan fingerprint density at radius 1 is 1.17 bits per heavy atom. The Labute approximate surface area is 213 Å². The largest absolute Gasteiger partial charge is 0.440 e. The fourth-order valence-corrected chi connectivity index (χ4v) is 6.07. The van der Waals surface area contributed by atoms with Gasteiger partial charge in [0.05, 0.1) is 17.7 Å². The van der Waals surface area contributed by atoms with Crippen LogP contribution in [0.25, 0.3) is 11.1 Å². The predicted octanol–water partition coefficient (Wildman–Crippen LogP) is 7.35. The number of benzene rings is 2. The van der Waals surface area contributed by atoms with Gasteiger partial charge in [0.2, 0.25) is 0 Å². The minimum absolute atomic E-state index is 0.0260.